The molecule has 7 aromatic carbocycles. The van der Waals surface area contributed by atoms with Gasteiger partial charge < -0.3 is 44.0 Å². The number of allylic oxidation sites excluding steroid dienone is 6. The summed E-state index contributed by atoms with van der Waals surface area (Å²) in [4.78, 5) is 56.6. The van der Waals surface area contributed by atoms with Gasteiger partial charge in [0.2, 0.25) is 5.69 Å². The number of nitrogens with zero attached hydrogens (tertiary/aromatic N) is 4. The molecule has 0 unspecified atom stereocenters. The second kappa shape index (κ2) is 28.8. The van der Waals surface area contributed by atoms with E-state index in [4.69, 9.17) is 31.1 Å². The highest BCUT2D eigenvalue weighted by atomic mass is 32.1. The smallest absolute Gasteiger partial charge is 0.336 e. The van der Waals surface area contributed by atoms with E-state index >= 15 is 0 Å². The van der Waals surface area contributed by atoms with Crippen LogP contribution in [0.15, 0.2) is 184 Å². The van der Waals surface area contributed by atoms with E-state index in [2.05, 4.69) is 162 Å². The van der Waals surface area contributed by atoms with Crippen LogP contribution in [-0.2, 0) is 20.4 Å². The fourth-order valence-electron chi connectivity index (χ4n) is 13.1. The van der Waals surface area contributed by atoms with Crippen LogP contribution in [0.2, 0.25) is 0 Å². The first-order valence-electron chi connectivity index (χ1n) is 32.6. The number of rotatable bonds is 18. The number of anilines is 3. The molecule has 7 aromatic rings. The largest absolute Gasteiger partial charge is 0.508 e. The van der Waals surface area contributed by atoms with Crippen molar-refractivity contribution in [3.8, 4) is 45.4 Å². The lowest BCUT2D eigenvalue weighted by Crippen LogP contribution is -2.27. The highest BCUT2D eigenvalue weighted by Gasteiger charge is 2.43. The summed E-state index contributed by atoms with van der Waals surface area (Å²) in [5.41, 5.74) is 14.9. The van der Waals surface area contributed by atoms with Gasteiger partial charge in [-0.3, -0.25) is 9.59 Å². The molecule has 0 fully saturated rings. The first kappa shape index (κ1) is 68.6. The fraction of sp³-hybridized carbons (Fsp3) is 0.272. The number of hydrogen-bond acceptors (Lipinski definition) is 12. The standard InChI is InChI=1S/C35H45N2O.C24H24N2O3.C22H15NO5S/c1-25-18-20-30-28(23-25)34(4,5)32(36(30)8)16-12-9-13-17-33-35(6,7)29-24-26(2)19-21-31(29)37(33)22-14-10-11-15-27(3)38;1-5-26(6-2)17-7-10-21-22(12-17)29-23-11-15(3)19-9-8-18(28-14-16(4)27)13-20(19)24(23)25-21;1-11(29)23-12-2-5-15(18(8-12)22(26)27)21-16-6-3-13(24)9-19(16)28-20-10-14(25)4-7-17(20)21/h9,12-13,16-21,23-24H,10-11,14-15,22H2,1-8H3;7-13H,3,5-6,14H2,1-2,4H3;2-10,24H,1H3,(H,23,29)(H,26,27)/q+1;;. The van der Waals surface area contributed by atoms with Crippen molar-refractivity contribution in [2.45, 2.75) is 113 Å². The monoisotopic (exact) mass is 1300 g/mol. The molecule has 12 rings (SSSR count). The highest BCUT2D eigenvalue weighted by Crippen LogP contribution is 2.49. The third-order valence-electron chi connectivity index (χ3n) is 18.0. The number of fused-ring (bicyclic) bond motifs is 8. The second-order valence-corrected chi connectivity index (χ2v) is 26.5. The molecule has 0 amide bonds. The van der Waals surface area contributed by atoms with Crippen LogP contribution in [0.3, 0.4) is 0 Å². The molecule has 5 aliphatic rings. The quantitative estimate of drug-likeness (QED) is 0.0244. The van der Waals surface area contributed by atoms with Crippen LogP contribution in [-0.4, -0.2) is 76.3 Å². The molecule has 4 heterocycles. The van der Waals surface area contributed by atoms with Crippen LogP contribution in [0.5, 0.6) is 23.0 Å². The van der Waals surface area contributed by atoms with Crippen molar-refractivity contribution in [2.75, 3.05) is 48.4 Å². The van der Waals surface area contributed by atoms with E-state index in [0.29, 0.717) is 62.0 Å². The summed E-state index contributed by atoms with van der Waals surface area (Å²) in [6.45, 7) is 29.8. The number of unbranched alkanes of at least 4 members (excludes halogenated alkanes) is 2. The lowest BCUT2D eigenvalue weighted by atomic mass is 9.81. The van der Waals surface area contributed by atoms with Gasteiger partial charge in [0.15, 0.2) is 28.4 Å². The lowest BCUT2D eigenvalue weighted by Gasteiger charge is -2.27. The van der Waals surface area contributed by atoms with Gasteiger partial charge in [-0.15, -0.1) is 0 Å². The molecule has 15 heteroatoms. The van der Waals surface area contributed by atoms with E-state index in [1.54, 1.807) is 38.1 Å². The Morgan fingerprint density at radius 2 is 1.48 bits per heavy atom. The van der Waals surface area contributed by atoms with Crippen molar-refractivity contribution in [2.24, 2.45) is 4.99 Å². The SMILES string of the molecule is C=c1cc2c(c3cc(OCC(C)=O)ccc13)=Nc1ccc(N(CC)CC)cc1O2.CC(=O)CCCCCN1C(=CC=CC=CC2=[N+](C)c3ccc(C)cc3C2(C)C)C(C)(C)c2cc(C)ccc21.CC(=S)Nc1ccc(-c2c3ccc(=O)cc-3oc3cc(O)ccc23)c(C(=O)O)c1. The van der Waals surface area contributed by atoms with Crippen molar-refractivity contribution in [3.63, 3.8) is 0 Å². The third kappa shape index (κ3) is 14.7. The van der Waals surface area contributed by atoms with E-state index in [-0.39, 0.29) is 45.7 Å². The number of phenolic OH excluding ortho intramolecular Hbond substituents is 1. The van der Waals surface area contributed by atoms with Gasteiger partial charge in [0.05, 0.1) is 16.0 Å². The second-order valence-electron chi connectivity index (χ2n) is 25.9. The van der Waals surface area contributed by atoms with E-state index in [1.165, 1.54) is 82.3 Å². The van der Waals surface area contributed by atoms with Crippen LogP contribution >= 0.6 is 12.2 Å². The van der Waals surface area contributed by atoms with Crippen molar-refractivity contribution < 1.29 is 43.1 Å². The maximum Gasteiger partial charge on any atom is 0.336 e. The van der Waals surface area contributed by atoms with Crippen molar-refractivity contribution in [3.05, 3.63) is 218 Å². The molecule has 14 nitrogen and oxygen atoms in total. The van der Waals surface area contributed by atoms with Crippen LogP contribution in [0, 0.1) is 13.8 Å². The van der Waals surface area contributed by atoms with Gasteiger partial charge in [0.25, 0.3) is 0 Å². The van der Waals surface area contributed by atoms with Crippen molar-refractivity contribution in [1.82, 2.24) is 0 Å². The number of aryl methyl sites for hydroxylation is 2. The zero-order valence-electron chi connectivity index (χ0n) is 56.9. The third-order valence-corrected chi connectivity index (χ3v) is 18.1. The van der Waals surface area contributed by atoms with Crippen LogP contribution in [0.1, 0.15) is 121 Å². The normalized spacial score (nSPS) is 14.3. The van der Waals surface area contributed by atoms with E-state index in [1.807, 2.05) is 36.4 Å². The molecule has 0 saturated heterocycles. The maximum atomic E-state index is 12.0. The topological polar surface area (TPSA) is 174 Å². The first-order chi connectivity index (χ1) is 45.8. The lowest BCUT2D eigenvalue weighted by molar-refractivity contribution is -0.401. The Hall–Kier alpha value is -10.3. The number of carboxylic acids is 1. The number of ketones is 2. The minimum absolute atomic E-state index is 0.000655. The molecule has 4 aliphatic heterocycles. The van der Waals surface area contributed by atoms with Gasteiger partial charge in [-0.25, -0.2) is 9.79 Å². The number of aromatic carboxylic acids is 1. The van der Waals surface area contributed by atoms with Crippen molar-refractivity contribution in [1.29, 1.82) is 0 Å². The fourth-order valence-corrected chi connectivity index (χ4v) is 13.3. The predicted molar refractivity (Wildman–Crippen MR) is 393 cm³/mol. The minimum atomic E-state index is -1.10. The summed E-state index contributed by atoms with van der Waals surface area (Å²) in [6.07, 6.45) is 14.9. The van der Waals surface area contributed by atoms with E-state index in [0.717, 1.165) is 77.4 Å². The molecular weight excluding hydrogens is 1220 g/mol. The van der Waals surface area contributed by atoms with Gasteiger partial charge in [0, 0.05) is 112 Å². The summed E-state index contributed by atoms with van der Waals surface area (Å²) >= 11 is 5.04. The number of benzene rings is 8. The minimum Gasteiger partial charge on any atom is -0.508 e. The summed E-state index contributed by atoms with van der Waals surface area (Å²) in [6, 6.07) is 41.2. The number of aromatic hydroxyl groups is 1. The Balaban J connectivity index is 0.000000159. The summed E-state index contributed by atoms with van der Waals surface area (Å²) in [5.74, 6) is 1.50. The molecule has 0 atom stereocenters. The van der Waals surface area contributed by atoms with Gasteiger partial charge in [-0.2, -0.15) is 4.58 Å². The number of thiocarbonyl (C=S) groups is 1. The van der Waals surface area contributed by atoms with Crippen LogP contribution < -0.4 is 40.6 Å². The summed E-state index contributed by atoms with van der Waals surface area (Å²) < 4.78 is 19.9. The number of ether oxygens (including phenoxy) is 2. The number of phenols is 1. The summed E-state index contributed by atoms with van der Waals surface area (Å²) in [5, 5.41) is 26.7. The van der Waals surface area contributed by atoms with Gasteiger partial charge in [-0.1, -0.05) is 98.8 Å². The number of carbonyl (C=O) groups is 3. The Morgan fingerprint density at radius 3 is 2.20 bits per heavy atom. The number of carbonyl (C=O) groups excluding carboxylic acids is 2. The Kier molecular flexibility index (Phi) is 20.6. The predicted octanol–water partition coefficient (Wildman–Crippen LogP) is 17.1. The van der Waals surface area contributed by atoms with Crippen LogP contribution in [0.4, 0.5) is 28.4 Å². The molecule has 96 heavy (non-hydrogen) atoms. The summed E-state index contributed by atoms with van der Waals surface area (Å²) in [7, 11) is 2.17. The molecule has 0 aromatic heterocycles. The van der Waals surface area contributed by atoms with E-state index < -0.39 is 5.97 Å². The number of carboxylic acid groups (broad SMARTS) is 1. The first-order valence-corrected chi connectivity index (χ1v) is 33.0. The molecule has 3 N–H and O–H groups in total. The molecular formula is C81H84N5O9S+. The molecule has 0 spiro atoms. The van der Waals surface area contributed by atoms with Gasteiger partial charge in [0.1, 0.15) is 53.3 Å². The maximum absolute atomic E-state index is 12.0. The van der Waals surface area contributed by atoms with Crippen molar-refractivity contribution >= 4 is 97.2 Å². The Bertz CT molecular complexity index is 4860. The average Bonchev–Trinajstić information content (AvgIpc) is 0.864. The van der Waals surface area contributed by atoms with Crippen LogP contribution in [0.25, 0.3) is 50.8 Å². The van der Waals surface area contributed by atoms with Gasteiger partial charge >= 0.3 is 5.97 Å². The zero-order valence-corrected chi connectivity index (χ0v) is 57.7. The molecule has 0 radical (unpaired) electrons. The molecule has 492 valence electrons. The molecule has 0 saturated carbocycles. The number of nitrogens with one attached hydrogen (secondary N) is 1. The molecule has 0 bridgehead atoms. The Morgan fingerprint density at radius 1 is 0.750 bits per heavy atom. The highest BCUT2D eigenvalue weighted by molar-refractivity contribution is 7.80. The zero-order chi connectivity index (χ0) is 68.9. The number of Topliss-reactive ketones (excluding diaryl/α,β-unsaturated/α-hetero) is 2. The average molecular weight is 1300 g/mol. The Labute approximate surface area is 566 Å². The molecule has 1 aliphatic carbocycles. The number of hydrogen-bond donors (Lipinski definition) is 3. The van der Waals surface area contributed by atoms with Gasteiger partial charge in [-0.05, 0) is 182 Å². The van der Waals surface area contributed by atoms with E-state index in [9.17, 15) is 29.4 Å².